The Bertz CT molecular complexity index is 718. The predicted octanol–water partition coefficient (Wildman–Crippen LogP) is 2.18. The number of nitrogen functional groups attached to an aromatic ring is 1. The van der Waals surface area contributed by atoms with E-state index in [0.29, 0.717) is 31.1 Å². The molecule has 0 spiro atoms. The second-order valence-corrected chi connectivity index (χ2v) is 6.56. The Balaban J connectivity index is 1.65. The summed E-state index contributed by atoms with van der Waals surface area (Å²) in [4.78, 5) is 26.8. The first-order valence-corrected chi connectivity index (χ1v) is 8.82. The van der Waals surface area contributed by atoms with Gasteiger partial charge in [-0.15, -0.1) is 11.3 Å². The van der Waals surface area contributed by atoms with Gasteiger partial charge in [0.1, 0.15) is 11.4 Å². The first-order valence-electron chi connectivity index (χ1n) is 7.94. The van der Waals surface area contributed by atoms with Crippen molar-refractivity contribution in [3.8, 4) is 0 Å². The van der Waals surface area contributed by atoms with Gasteiger partial charge in [-0.05, 0) is 31.2 Å². The van der Waals surface area contributed by atoms with Crippen molar-refractivity contribution in [3.63, 3.8) is 0 Å². The lowest BCUT2D eigenvalue weighted by Crippen LogP contribution is -2.39. The minimum Gasteiger partial charge on any atom is -0.462 e. The van der Waals surface area contributed by atoms with Crippen LogP contribution in [0.1, 0.15) is 45.8 Å². The number of hydrogen-bond acceptors (Lipinski definition) is 6. The van der Waals surface area contributed by atoms with Gasteiger partial charge >= 0.3 is 5.97 Å². The normalized spacial score (nSPS) is 15.5. The predicted molar refractivity (Wildman–Crippen MR) is 91.1 cm³/mol. The Labute approximate surface area is 144 Å². The quantitative estimate of drug-likeness (QED) is 0.855. The van der Waals surface area contributed by atoms with Gasteiger partial charge in [-0.2, -0.15) is 5.10 Å². The van der Waals surface area contributed by atoms with Crippen molar-refractivity contribution in [1.29, 1.82) is 0 Å². The maximum Gasteiger partial charge on any atom is 0.343 e. The number of hydrogen-bond donors (Lipinski definition) is 1. The van der Waals surface area contributed by atoms with Crippen molar-refractivity contribution in [3.05, 3.63) is 34.2 Å². The molecular formula is C16H20N4O3S. The van der Waals surface area contributed by atoms with Gasteiger partial charge in [0.05, 0.1) is 23.7 Å². The molecule has 0 saturated carbocycles. The Morgan fingerprint density at radius 3 is 2.79 bits per heavy atom. The first kappa shape index (κ1) is 16.5. The summed E-state index contributed by atoms with van der Waals surface area (Å²) < 4.78 is 6.66. The van der Waals surface area contributed by atoms with E-state index in [1.54, 1.807) is 11.6 Å². The van der Waals surface area contributed by atoms with Crippen LogP contribution < -0.4 is 5.73 Å². The molecule has 0 aliphatic carbocycles. The van der Waals surface area contributed by atoms with Crippen molar-refractivity contribution in [1.82, 2.24) is 14.7 Å². The largest absolute Gasteiger partial charge is 0.462 e. The molecule has 1 aliphatic rings. The van der Waals surface area contributed by atoms with Crippen LogP contribution in [0.3, 0.4) is 0 Å². The van der Waals surface area contributed by atoms with Gasteiger partial charge in [-0.1, -0.05) is 6.07 Å². The Morgan fingerprint density at radius 2 is 2.17 bits per heavy atom. The zero-order valence-electron chi connectivity index (χ0n) is 13.5. The molecule has 1 fully saturated rings. The number of esters is 1. The molecule has 0 bridgehead atoms. The van der Waals surface area contributed by atoms with Gasteiger partial charge in [0.25, 0.3) is 5.91 Å². The molecule has 7 nitrogen and oxygen atoms in total. The Kier molecular flexibility index (Phi) is 4.84. The zero-order chi connectivity index (χ0) is 17.1. The molecule has 1 aliphatic heterocycles. The topological polar surface area (TPSA) is 90.5 Å². The smallest absolute Gasteiger partial charge is 0.343 e. The summed E-state index contributed by atoms with van der Waals surface area (Å²) in [5.41, 5.74) is 6.36. The van der Waals surface area contributed by atoms with Crippen LogP contribution in [0, 0.1) is 0 Å². The van der Waals surface area contributed by atoms with Crippen LogP contribution in [0.4, 0.5) is 5.82 Å². The highest BCUT2D eigenvalue weighted by Crippen LogP contribution is 2.27. The fraction of sp³-hybridized carbons (Fsp3) is 0.438. The zero-order valence-corrected chi connectivity index (χ0v) is 14.3. The SMILES string of the molecule is CCOC(=O)c1cnn(C2CCN(C(=O)c3cccs3)CC2)c1N. The minimum atomic E-state index is -0.452. The van der Waals surface area contributed by atoms with Crippen molar-refractivity contribution >= 4 is 29.0 Å². The molecule has 0 radical (unpaired) electrons. The van der Waals surface area contributed by atoms with E-state index in [-0.39, 0.29) is 11.9 Å². The van der Waals surface area contributed by atoms with Gasteiger partial charge in [0.2, 0.25) is 0 Å². The standard InChI is InChI=1S/C16H20N4O3S/c1-2-23-16(22)12-10-18-20(14(12)17)11-5-7-19(8-6-11)15(21)13-4-3-9-24-13/h3-4,9-11H,2,5-8,17H2,1H3. The molecule has 1 saturated heterocycles. The van der Waals surface area contributed by atoms with Crippen LogP contribution in [0.2, 0.25) is 0 Å². The van der Waals surface area contributed by atoms with Crippen LogP contribution in [-0.2, 0) is 4.74 Å². The molecule has 2 aromatic heterocycles. The molecule has 2 N–H and O–H groups in total. The lowest BCUT2D eigenvalue weighted by atomic mass is 10.0. The Morgan fingerprint density at radius 1 is 1.42 bits per heavy atom. The number of anilines is 1. The molecular weight excluding hydrogens is 328 g/mol. The highest BCUT2D eigenvalue weighted by atomic mass is 32.1. The number of ether oxygens (including phenoxy) is 1. The van der Waals surface area contributed by atoms with Gasteiger partial charge in [0.15, 0.2) is 0 Å². The third-order valence-electron chi connectivity index (χ3n) is 4.16. The van der Waals surface area contributed by atoms with Crippen LogP contribution in [0.5, 0.6) is 0 Å². The molecule has 1 amide bonds. The molecule has 0 atom stereocenters. The molecule has 0 unspecified atom stereocenters. The number of amides is 1. The number of rotatable bonds is 4. The van der Waals surface area contributed by atoms with Crippen LogP contribution in [0.25, 0.3) is 0 Å². The van der Waals surface area contributed by atoms with Crippen molar-refractivity contribution in [2.75, 3.05) is 25.4 Å². The van der Waals surface area contributed by atoms with Crippen LogP contribution >= 0.6 is 11.3 Å². The third kappa shape index (κ3) is 3.14. The average Bonchev–Trinajstić information content (AvgIpc) is 3.24. The summed E-state index contributed by atoms with van der Waals surface area (Å²) in [6.45, 7) is 3.34. The first-order chi connectivity index (χ1) is 11.6. The van der Waals surface area contributed by atoms with Gasteiger partial charge in [-0.3, -0.25) is 4.79 Å². The van der Waals surface area contributed by atoms with Crippen LogP contribution in [0.15, 0.2) is 23.7 Å². The molecule has 0 aromatic carbocycles. The number of thiophene rings is 1. The van der Waals surface area contributed by atoms with E-state index in [1.807, 2.05) is 22.4 Å². The van der Waals surface area contributed by atoms with E-state index in [4.69, 9.17) is 10.5 Å². The van der Waals surface area contributed by atoms with Gasteiger partial charge < -0.3 is 15.4 Å². The summed E-state index contributed by atoms with van der Waals surface area (Å²) in [5.74, 6) is -0.0489. The minimum absolute atomic E-state index is 0.0732. The summed E-state index contributed by atoms with van der Waals surface area (Å²) in [6.07, 6.45) is 2.97. The lowest BCUT2D eigenvalue weighted by molar-refractivity contribution is 0.0527. The van der Waals surface area contributed by atoms with E-state index in [9.17, 15) is 9.59 Å². The van der Waals surface area contributed by atoms with Gasteiger partial charge in [-0.25, -0.2) is 9.48 Å². The van der Waals surface area contributed by atoms with E-state index in [2.05, 4.69) is 5.10 Å². The molecule has 128 valence electrons. The monoisotopic (exact) mass is 348 g/mol. The van der Waals surface area contributed by atoms with Crippen molar-refractivity contribution in [2.24, 2.45) is 0 Å². The van der Waals surface area contributed by atoms with E-state index < -0.39 is 5.97 Å². The van der Waals surface area contributed by atoms with Crippen molar-refractivity contribution in [2.45, 2.75) is 25.8 Å². The average molecular weight is 348 g/mol. The summed E-state index contributed by atoms with van der Waals surface area (Å²) in [5, 5.41) is 6.16. The number of likely N-dealkylation sites (tertiary alicyclic amines) is 1. The third-order valence-corrected chi connectivity index (χ3v) is 5.02. The van der Waals surface area contributed by atoms with E-state index >= 15 is 0 Å². The number of aromatic nitrogens is 2. The highest BCUT2D eigenvalue weighted by molar-refractivity contribution is 7.12. The second kappa shape index (κ2) is 7.04. The number of nitrogens with zero attached hydrogens (tertiary/aromatic N) is 3. The number of piperidine rings is 1. The summed E-state index contributed by atoms with van der Waals surface area (Å²) in [6, 6.07) is 3.81. The fourth-order valence-electron chi connectivity index (χ4n) is 2.90. The summed E-state index contributed by atoms with van der Waals surface area (Å²) in [7, 11) is 0. The number of carbonyl (C=O) groups excluding carboxylic acids is 2. The molecule has 3 rings (SSSR count). The molecule has 8 heteroatoms. The van der Waals surface area contributed by atoms with E-state index in [1.165, 1.54) is 17.5 Å². The molecule has 3 heterocycles. The number of carbonyl (C=O) groups is 2. The maximum atomic E-state index is 12.4. The van der Waals surface area contributed by atoms with Crippen LogP contribution in [-0.4, -0.2) is 46.3 Å². The van der Waals surface area contributed by atoms with Crippen molar-refractivity contribution < 1.29 is 14.3 Å². The maximum absolute atomic E-state index is 12.4. The fourth-order valence-corrected chi connectivity index (χ4v) is 3.59. The summed E-state index contributed by atoms with van der Waals surface area (Å²) >= 11 is 1.46. The second-order valence-electron chi connectivity index (χ2n) is 5.61. The van der Waals surface area contributed by atoms with E-state index in [0.717, 1.165) is 17.7 Å². The molecule has 2 aromatic rings. The highest BCUT2D eigenvalue weighted by Gasteiger charge is 2.28. The number of nitrogens with two attached hydrogens (primary N) is 1. The lowest BCUT2D eigenvalue weighted by Gasteiger charge is -2.32. The Hall–Kier alpha value is -2.35. The molecule has 24 heavy (non-hydrogen) atoms. The van der Waals surface area contributed by atoms with Gasteiger partial charge in [0, 0.05) is 13.1 Å².